The van der Waals surface area contributed by atoms with E-state index in [1.165, 1.54) is 6.07 Å². The zero-order chi connectivity index (χ0) is 13.7. The molecule has 1 aromatic carbocycles. The number of carbonyl (C=O) groups is 1. The van der Waals surface area contributed by atoms with E-state index < -0.39 is 5.82 Å². The quantitative estimate of drug-likeness (QED) is 0.830. The van der Waals surface area contributed by atoms with Crippen LogP contribution in [0.3, 0.4) is 0 Å². The van der Waals surface area contributed by atoms with Gasteiger partial charge in [-0.3, -0.25) is 4.79 Å². The molecule has 0 saturated heterocycles. The standard InChI is InChI=1S/C14H19FN2O2/c1-16-8-7-14(18)17-10-5-6-13(12(15)9-10)19-11-3-2-4-11/h5-6,9,11,16H,2-4,7-8H2,1H3,(H,17,18). The summed E-state index contributed by atoms with van der Waals surface area (Å²) in [5.41, 5.74) is 0.458. The maximum Gasteiger partial charge on any atom is 0.225 e. The monoisotopic (exact) mass is 266 g/mol. The number of benzene rings is 1. The highest BCUT2D eigenvalue weighted by molar-refractivity contribution is 5.90. The molecule has 19 heavy (non-hydrogen) atoms. The first-order valence-corrected chi connectivity index (χ1v) is 6.59. The summed E-state index contributed by atoms with van der Waals surface area (Å²) in [5.74, 6) is -0.308. The number of amides is 1. The minimum atomic E-state index is -0.432. The Kier molecular flexibility index (Phi) is 4.74. The van der Waals surface area contributed by atoms with Gasteiger partial charge in [0.05, 0.1) is 6.10 Å². The largest absolute Gasteiger partial charge is 0.487 e. The first-order valence-electron chi connectivity index (χ1n) is 6.59. The van der Waals surface area contributed by atoms with Gasteiger partial charge in [-0.15, -0.1) is 0 Å². The van der Waals surface area contributed by atoms with Gasteiger partial charge in [0.2, 0.25) is 5.91 Å². The molecule has 1 saturated carbocycles. The first kappa shape index (κ1) is 13.8. The van der Waals surface area contributed by atoms with E-state index in [1.54, 1.807) is 19.2 Å². The summed E-state index contributed by atoms with van der Waals surface area (Å²) in [6, 6.07) is 4.53. The molecule has 2 N–H and O–H groups in total. The zero-order valence-electron chi connectivity index (χ0n) is 11.0. The van der Waals surface area contributed by atoms with Gasteiger partial charge >= 0.3 is 0 Å². The van der Waals surface area contributed by atoms with Crippen LogP contribution in [0.1, 0.15) is 25.7 Å². The van der Waals surface area contributed by atoms with Crippen molar-refractivity contribution in [2.45, 2.75) is 31.8 Å². The van der Waals surface area contributed by atoms with Crippen LogP contribution in [0.4, 0.5) is 10.1 Å². The SMILES string of the molecule is CNCCC(=O)Nc1ccc(OC2CCC2)c(F)c1. The lowest BCUT2D eigenvalue weighted by atomic mass is 9.96. The zero-order valence-corrected chi connectivity index (χ0v) is 11.0. The average molecular weight is 266 g/mol. The third kappa shape index (κ3) is 3.92. The summed E-state index contributed by atoms with van der Waals surface area (Å²) in [4.78, 5) is 11.5. The van der Waals surface area contributed by atoms with Crippen molar-refractivity contribution >= 4 is 11.6 Å². The Labute approximate surface area is 112 Å². The Hall–Kier alpha value is -1.62. The number of rotatable bonds is 6. The Bertz CT molecular complexity index is 447. The fraction of sp³-hybridized carbons (Fsp3) is 0.500. The van der Waals surface area contributed by atoms with E-state index in [4.69, 9.17) is 4.74 Å². The van der Waals surface area contributed by atoms with Gasteiger partial charge in [0.15, 0.2) is 11.6 Å². The number of nitrogens with one attached hydrogen (secondary N) is 2. The number of hydrogen-bond donors (Lipinski definition) is 2. The minimum Gasteiger partial charge on any atom is -0.487 e. The highest BCUT2D eigenvalue weighted by Gasteiger charge is 2.20. The van der Waals surface area contributed by atoms with Gasteiger partial charge in [0.25, 0.3) is 0 Å². The number of ether oxygens (including phenoxy) is 1. The van der Waals surface area contributed by atoms with E-state index >= 15 is 0 Å². The van der Waals surface area contributed by atoms with E-state index in [2.05, 4.69) is 10.6 Å². The lowest BCUT2D eigenvalue weighted by Crippen LogP contribution is -2.25. The van der Waals surface area contributed by atoms with Gasteiger partial charge in [-0.05, 0) is 38.4 Å². The molecule has 5 heteroatoms. The van der Waals surface area contributed by atoms with Gasteiger partial charge in [-0.1, -0.05) is 0 Å². The molecule has 1 amide bonds. The lowest BCUT2D eigenvalue weighted by molar-refractivity contribution is -0.116. The number of anilines is 1. The van der Waals surface area contributed by atoms with E-state index in [9.17, 15) is 9.18 Å². The van der Waals surface area contributed by atoms with Gasteiger partial charge in [-0.2, -0.15) is 0 Å². The summed E-state index contributed by atoms with van der Waals surface area (Å²) < 4.78 is 19.3. The van der Waals surface area contributed by atoms with Crippen molar-refractivity contribution in [3.05, 3.63) is 24.0 Å². The highest BCUT2D eigenvalue weighted by atomic mass is 19.1. The van der Waals surface area contributed by atoms with Crippen LogP contribution in [-0.4, -0.2) is 25.6 Å². The van der Waals surface area contributed by atoms with Crippen LogP contribution in [0.15, 0.2) is 18.2 Å². The normalized spacial score (nSPS) is 14.8. The van der Waals surface area contributed by atoms with Crippen LogP contribution in [0.25, 0.3) is 0 Å². The van der Waals surface area contributed by atoms with Crippen LogP contribution in [-0.2, 0) is 4.79 Å². The predicted octanol–water partition coefficient (Wildman–Crippen LogP) is 2.30. The third-order valence-electron chi connectivity index (χ3n) is 3.16. The second-order valence-electron chi connectivity index (χ2n) is 4.72. The molecular formula is C14H19FN2O2. The van der Waals surface area contributed by atoms with E-state index in [0.29, 0.717) is 18.7 Å². The Morgan fingerprint density at radius 2 is 2.26 bits per heavy atom. The molecule has 2 rings (SSSR count). The van der Waals surface area contributed by atoms with E-state index in [1.807, 2.05) is 0 Å². The second-order valence-corrected chi connectivity index (χ2v) is 4.72. The molecule has 1 aliphatic rings. The molecule has 1 aromatic rings. The summed E-state index contributed by atoms with van der Waals surface area (Å²) >= 11 is 0. The van der Waals surface area contributed by atoms with Gasteiger partial charge in [-0.25, -0.2) is 4.39 Å². The minimum absolute atomic E-state index is 0.138. The lowest BCUT2D eigenvalue weighted by Gasteiger charge is -2.26. The molecule has 1 aliphatic carbocycles. The van der Waals surface area contributed by atoms with Crippen LogP contribution < -0.4 is 15.4 Å². The van der Waals surface area contributed by atoms with Crippen LogP contribution in [0.5, 0.6) is 5.75 Å². The van der Waals surface area contributed by atoms with Crippen molar-refractivity contribution in [2.75, 3.05) is 18.9 Å². The topological polar surface area (TPSA) is 50.4 Å². The molecule has 0 bridgehead atoms. The smallest absolute Gasteiger partial charge is 0.225 e. The number of carbonyl (C=O) groups excluding carboxylic acids is 1. The molecule has 0 unspecified atom stereocenters. The average Bonchev–Trinajstić information content (AvgIpc) is 2.33. The predicted molar refractivity (Wildman–Crippen MR) is 71.8 cm³/mol. The van der Waals surface area contributed by atoms with Crippen molar-refractivity contribution in [1.29, 1.82) is 0 Å². The first-order chi connectivity index (χ1) is 9.19. The summed E-state index contributed by atoms with van der Waals surface area (Å²) in [6.07, 6.45) is 3.62. The molecule has 0 atom stereocenters. The van der Waals surface area contributed by atoms with E-state index in [0.717, 1.165) is 19.3 Å². The van der Waals surface area contributed by atoms with Crippen molar-refractivity contribution < 1.29 is 13.9 Å². The third-order valence-corrected chi connectivity index (χ3v) is 3.16. The van der Waals surface area contributed by atoms with Crippen molar-refractivity contribution in [1.82, 2.24) is 5.32 Å². The summed E-state index contributed by atoms with van der Waals surface area (Å²) in [5, 5.41) is 5.54. The molecule has 1 fully saturated rings. The Morgan fingerprint density at radius 3 is 2.84 bits per heavy atom. The van der Waals surface area contributed by atoms with E-state index in [-0.39, 0.29) is 17.8 Å². The molecule has 104 valence electrons. The number of halogens is 1. The molecule has 0 aliphatic heterocycles. The van der Waals surface area contributed by atoms with Gasteiger partial charge < -0.3 is 15.4 Å². The fourth-order valence-corrected chi connectivity index (χ4v) is 1.80. The van der Waals surface area contributed by atoms with Crippen LogP contribution in [0, 0.1) is 5.82 Å². The summed E-state index contributed by atoms with van der Waals surface area (Å²) in [6.45, 7) is 0.594. The van der Waals surface area contributed by atoms with Crippen molar-refractivity contribution in [2.24, 2.45) is 0 Å². The molecule has 0 radical (unpaired) electrons. The Morgan fingerprint density at radius 1 is 1.47 bits per heavy atom. The number of hydrogen-bond acceptors (Lipinski definition) is 3. The second kappa shape index (κ2) is 6.52. The Balaban J connectivity index is 1.91. The summed E-state index contributed by atoms with van der Waals surface area (Å²) in [7, 11) is 1.78. The maximum absolute atomic E-state index is 13.8. The molecule has 0 aromatic heterocycles. The molecule has 4 nitrogen and oxygen atoms in total. The van der Waals surface area contributed by atoms with Crippen molar-refractivity contribution in [3.8, 4) is 5.75 Å². The highest BCUT2D eigenvalue weighted by Crippen LogP contribution is 2.28. The van der Waals surface area contributed by atoms with Crippen molar-refractivity contribution in [3.63, 3.8) is 0 Å². The molecule has 0 spiro atoms. The van der Waals surface area contributed by atoms with Gasteiger partial charge in [0, 0.05) is 24.7 Å². The maximum atomic E-state index is 13.8. The molecular weight excluding hydrogens is 247 g/mol. The molecule has 0 heterocycles. The fourth-order valence-electron chi connectivity index (χ4n) is 1.80. The van der Waals surface area contributed by atoms with Crippen LogP contribution in [0.2, 0.25) is 0 Å². The van der Waals surface area contributed by atoms with Gasteiger partial charge in [0.1, 0.15) is 0 Å². The van der Waals surface area contributed by atoms with Crippen LogP contribution >= 0.6 is 0 Å².